The molecule has 5 heteroatoms. The van der Waals surface area contributed by atoms with Gasteiger partial charge in [-0.3, -0.25) is 4.72 Å². The average molecular weight is 369 g/mol. The Morgan fingerprint density at radius 3 is 2.58 bits per heavy atom. The van der Waals surface area contributed by atoms with E-state index in [0.29, 0.717) is 11.6 Å². The van der Waals surface area contributed by atoms with Crippen LogP contribution < -0.4 is 4.72 Å². The monoisotopic (exact) mass is 369 g/mol. The molecule has 0 radical (unpaired) electrons. The van der Waals surface area contributed by atoms with Gasteiger partial charge >= 0.3 is 0 Å². The van der Waals surface area contributed by atoms with E-state index in [0.717, 1.165) is 47.1 Å². The van der Waals surface area contributed by atoms with Crippen molar-refractivity contribution >= 4 is 26.7 Å². The molecule has 0 spiro atoms. The molecule has 0 amide bonds. The van der Waals surface area contributed by atoms with Gasteiger partial charge in [0.1, 0.15) is 11.3 Å². The Morgan fingerprint density at radius 1 is 1.12 bits per heavy atom. The number of benzene rings is 2. The summed E-state index contributed by atoms with van der Waals surface area (Å²) in [7, 11) is -3.62. The Bertz CT molecular complexity index is 1080. The van der Waals surface area contributed by atoms with Gasteiger partial charge in [0.15, 0.2) is 0 Å². The van der Waals surface area contributed by atoms with E-state index in [-0.39, 0.29) is 4.90 Å². The number of furan rings is 1. The summed E-state index contributed by atoms with van der Waals surface area (Å²) >= 11 is 0. The fraction of sp³-hybridized carbons (Fsp3) is 0.333. The van der Waals surface area contributed by atoms with Gasteiger partial charge in [-0.05, 0) is 62.4 Å². The Labute approximate surface area is 154 Å². The van der Waals surface area contributed by atoms with Crippen LogP contribution in [0.2, 0.25) is 0 Å². The highest BCUT2D eigenvalue weighted by Gasteiger charge is 2.23. The minimum absolute atomic E-state index is 0.269. The molecule has 0 fully saturated rings. The van der Waals surface area contributed by atoms with Crippen molar-refractivity contribution in [2.75, 3.05) is 4.72 Å². The molecule has 1 aliphatic carbocycles. The number of rotatable bonds is 3. The van der Waals surface area contributed by atoms with Crippen LogP contribution in [0, 0.1) is 19.8 Å². The molecule has 2 aromatic carbocycles. The van der Waals surface area contributed by atoms with Crippen molar-refractivity contribution < 1.29 is 12.8 Å². The maximum atomic E-state index is 12.7. The van der Waals surface area contributed by atoms with E-state index >= 15 is 0 Å². The number of aryl methyl sites for hydroxylation is 3. The summed E-state index contributed by atoms with van der Waals surface area (Å²) in [6, 6.07) is 10.7. The van der Waals surface area contributed by atoms with Crippen molar-refractivity contribution in [1.82, 2.24) is 0 Å². The summed E-state index contributed by atoms with van der Waals surface area (Å²) in [5, 5.41) is 1.03. The Kier molecular flexibility index (Phi) is 4.07. The summed E-state index contributed by atoms with van der Waals surface area (Å²) in [6.45, 7) is 6.08. The standard InChI is InChI=1S/C21H23NO3S/c1-13-4-7-16(8-5-13)26(23,24)22-19-12-18-17-10-14(2)6-9-20(17)25-21(18)11-15(19)3/h4-5,7-8,11-12,14,22H,6,9-10H2,1-3H3/t14-/m0/s1. The zero-order valence-corrected chi connectivity index (χ0v) is 16.1. The van der Waals surface area contributed by atoms with Gasteiger partial charge in [0.25, 0.3) is 10.0 Å². The van der Waals surface area contributed by atoms with Crippen molar-refractivity contribution in [3.05, 3.63) is 58.8 Å². The van der Waals surface area contributed by atoms with E-state index in [2.05, 4.69) is 11.6 Å². The van der Waals surface area contributed by atoms with Crippen molar-refractivity contribution in [2.24, 2.45) is 5.92 Å². The Morgan fingerprint density at radius 2 is 1.85 bits per heavy atom. The summed E-state index contributed by atoms with van der Waals surface area (Å²) in [6.07, 6.45) is 3.07. The van der Waals surface area contributed by atoms with Gasteiger partial charge < -0.3 is 4.42 Å². The second-order valence-electron chi connectivity index (χ2n) is 7.43. The second-order valence-corrected chi connectivity index (χ2v) is 9.12. The molecule has 0 aliphatic heterocycles. The van der Waals surface area contributed by atoms with Crippen LogP contribution in [0.3, 0.4) is 0 Å². The first kappa shape index (κ1) is 17.2. The Balaban J connectivity index is 1.75. The molecule has 4 nitrogen and oxygen atoms in total. The molecular formula is C21H23NO3S. The maximum absolute atomic E-state index is 12.7. The van der Waals surface area contributed by atoms with Gasteiger partial charge in [-0.15, -0.1) is 0 Å². The largest absolute Gasteiger partial charge is 0.461 e. The van der Waals surface area contributed by atoms with Crippen LogP contribution in [0.1, 0.15) is 35.8 Å². The summed E-state index contributed by atoms with van der Waals surface area (Å²) < 4.78 is 34.3. The normalized spacial score (nSPS) is 17.3. The van der Waals surface area contributed by atoms with Crippen molar-refractivity contribution in [3.8, 4) is 0 Å². The minimum Gasteiger partial charge on any atom is -0.461 e. The van der Waals surface area contributed by atoms with Gasteiger partial charge in [-0.25, -0.2) is 8.42 Å². The fourth-order valence-corrected chi connectivity index (χ4v) is 4.75. The van der Waals surface area contributed by atoms with Gasteiger partial charge in [-0.1, -0.05) is 24.6 Å². The molecule has 0 saturated heterocycles. The molecule has 0 unspecified atom stereocenters. The van der Waals surface area contributed by atoms with Crippen LogP contribution >= 0.6 is 0 Å². The topological polar surface area (TPSA) is 59.3 Å². The number of anilines is 1. The molecule has 136 valence electrons. The molecule has 1 aliphatic rings. The molecule has 1 atom stereocenters. The number of nitrogens with one attached hydrogen (secondary N) is 1. The summed E-state index contributed by atoms with van der Waals surface area (Å²) in [5.41, 5.74) is 4.57. The van der Waals surface area contributed by atoms with Gasteiger partial charge in [-0.2, -0.15) is 0 Å². The quantitative estimate of drug-likeness (QED) is 0.709. The number of fused-ring (bicyclic) bond motifs is 3. The average Bonchev–Trinajstić information content (AvgIpc) is 2.92. The maximum Gasteiger partial charge on any atom is 0.261 e. The molecule has 1 N–H and O–H groups in total. The first-order valence-corrected chi connectivity index (χ1v) is 10.5. The predicted octanol–water partition coefficient (Wildman–Crippen LogP) is 4.98. The predicted molar refractivity (Wildman–Crippen MR) is 104 cm³/mol. The van der Waals surface area contributed by atoms with Crippen molar-refractivity contribution in [2.45, 2.75) is 44.9 Å². The third kappa shape index (κ3) is 3.01. The summed E-state index contributed by atoms with van der Waals surface area (Å²) in [5.74, 6) is 1.67. The highest BCUT2D eigenvalue weighted by atomic mass is 32.2. The Hall–Kier alpha value is -2.27. The smallest absolute Gasteiger partial charge is 0.261 e. The minimum atomic E-state index is -3.62. The third-order valence-corrected chi connectivity index (χ3v) is 6.60. The molecule has 0 saturated carbocycles. The molecule has 1 heterocycles. The van der Waals surface area contributed by atoms with E-state index in [1.54, 1.807) is 24.3 Å². The van der Waals surface area contributed by atoms with Crippen molar-refractivity contribution in [3.63, 3.8) is 0 Å². The number of sulfonamides is 1. The first-order valence-electron chi connectivity index (χ1n) is 8.98. The van der Waals surface area contributed by atoms with Crippen molar-refractivity contribution in [1.29, 1.82) is 0 Å². The lowest BCUT2D eigenvalue weighted by molar-refractivity contribution is 0.438. The van der Waals surface area contributed by atoms with E-state index < -0.39 is 10.0 Å². The molecule has 26 heavy (non-hydrogen) atoms. The van der Waals surface area contributed by atoms with E-state index in [1.807, 2.05) is 26.0 Å². The van der Waals surface area contributed by atoms with Crippen LogP contribution in [0.25, 0.3) is 11.0 Å². The SMILES string of the molecule is Cc1ccc(S(=O)(=O)Nc2cc3c4c(oc3cc2C)CC[C@H](C)C4)cc1. The lowest BCUT2D eigenvalue weighted by Gasteiger charge is -2.17. The van der Waals surface area contributed by atoms with Crippen LogP contribution in [0.5, 0.6) is 0 Å². The highest BCUT2D eigenvalue weighted by molar-refractivity contribution is 7.92. The van der Waals surface area contributed by atoms with Gasteiger partial charge in [0.05, 0.1) is 10.6 Å². The van der Waals surface area contributed by atoms with Crippen LogP contribution in [-0.2, 0) is 22.9 Å². The number of hydrogen-bond donors (Lipinski definition) is 1. The molecular weight excluding hydrogens is 346 g/mol. The van der Waals surface area contributed by atoms with Crippen LogP contribution in [0.15, 0.2) is 45.7 Å². The molecule has 3 aromatic rings. The molecule has 0 bridgehead atoms. The zero-order chi connectivity index (χ0) is 18.5. The van der Waals surface area contributed by atoms with Gasteiger partial charge in [0.2, 0.25) is 0 Å². The second kappa shape index (κ2) is 6.16. The molecule has 1 aromatic heterocycles. The van der Waals surface area contributed by atoms with E-state index in [1.165, 1.54) is 5.56 Å². The zero-order valence-electron chi connectivity index (χ0n) is 15.3. The van der Waals surface area contributed by atoms with E-state index in [4.69, 9.17) is 4.42 Å². The lowest BCUT2D eigenvalue weighted by Crippen LogP contribution is -2.14. The fourth-order valence-electron chi connectivity index (χ4n) is 3.63. The third-order valence-electron chi connectivity index (χ3n) is 5.21. The molecule has 4 rings (SSSR count). The highest BCUT2D eigenvalue weighted by Crippen LogP contribution is 2.37. The van der Waals surface area contributed by atoms with Gasteiger partial charge in [0, 0.05) is 17.4 Å². The van der Waals surface area contributed by atoms with Crippen LogP contribution in [-0.4, -0.2) is 8.42 Å². The van der Waals surface area contributed by atoms with Crippen LogP contribution in [0.4, 0.5) is 5.69 Å². The first-order chi connectivity index (χ1) is 12.3. The van der Waals surface area contributed by atoms with E-state index in [9.17, 15) is 8.42 Å². The number of hydrogen-bond acceptors (Lipinski definition) is 3. The lowest BCUT2D eigenvalue weighted by atomic mass is 9.88. The summed E-state index contributed by atoms with van der Waals surface area (Å²) in [4.78, 5) is 0.269.